The van der Waals surface area contributed by atoms with E-state index >= 15 is 0 Å². The zero-order valence-electron chi connectivity index (χ0n) is 9.67. The molecule has 0 bridgehead atoms. The van der Waals surface area contributed by atoms with Crippen molar-refractivity contribution in [2.45, 2.75) is 18.0 Å². The summed E-state index contributed by atoms with van der Waals surface area (Å²) in [4.78, 5) is 0.937. The van der Waals surface area contributed by atoms with Crippen LogP contribution in [0.3, 0.4) is 0 Å². The molecule has 0 amide bonds. The van der Waals surface area contributed by atoms with Crippen LogP contribution in [0, 0.1) is 0 Å². The van der Waals surface area contributed by atoms with Crippen LogP contribution in [0.5, 0.6) is 0 Å². The van der Waals surface area contributed by atoms with Crippen molar-refractivity contribution < 1.29 is 4.21 Å². The van der Waals surface area contributed by atoms with Crippen LogP contribution in [0.25, 0.3) is 0 Å². The highest BCUT2D eigenvalue weighted by molar-refractivity contribution is 7.83. The lowest BCUT2D eigenvalue weighted by atomic mass is 10.2. The van der Waals surface area contributed by atoms with E-state index in [4.69, 9.17) is 11.6 Å². The Balaban J connectivity index is 1.81. The quantitative estimate of drug-likeness (QED) is 0.824. The average molecular weight is 278 g/mol. The number of nitrogens with zero attached hydrogens (tertiary/aromatic N) is 1. The minimum atomic E-state index is -1.04. The molecule has 0 aliphatic carbocycles. The smallest absolute Gasteiger partial charge is 0.128 e. The van der Waals surface area contributed by atoms with Crippen LogP contribution in [0.2, 0.25) is 5.02 Å². The molecule has 1 aliphatic rings. The van der Waals surface area contributed by atoms with Crippen molar-refractivity contribution in [3.05, 3.63) is 64.7 Å². The highest BCUT2D eigenvalue weighted by Gasteiger charge is 2.26. The molecule has 0 aromatic heterocycles. The predicted molar refractivity (Wildman–Crippen MR) is 73.5 cm³/mol. The summed E-state index contributed by atoms with van der Waals surface area (Å²) < 4.78 is 14.2. The lowest BCUT2D eigenvalue weighted by Gasteiger charge is -2.13. The largest absolute Gasteiger partial charge is 0.237 e. The van der Waals surface area contributed by atoms with Crippen LogP contribution < -0.4 is 0 Å². The van der Waals surface area contributed by atoms with E-state index in [1.54, 1.807) is 0 Å². The van der Waals surface area contributed by atoms with Gasteiger partial charge in [0.1, 0.15) is 11.0 Å². The molecule has 0 N–H and O–H groups in total. The normalized spacial score (nSPS) is 18.8. The van der Waals surface area contributed by atoms with Crippen molar-refractivity contribution in [3.8, 4) is 0 Å². The van der Waals surface area contributed by atoms with Gasteiger partial charge in [0.2, 0.25) is 0 Å². The molecule has 4 heteroatoms. The Morgan fingerprint density at radius 3 is 2.56 bits per heavy atom. The summed E-state index contributed by atoms with van der Waals surface area (Å²) in [7, 11) is -1.04. The molecule has 92 valence electrons. The van der Waals surface area contributed by atoms with Gasteiger partial charge in [-0.2, -0.15) is 0 Å². The van der Waals surface area contributed by atoms with Gasteiger partial charge in [0, 0.05) is 18.1 Å². The fourth-order valence-electron chi connectivity index (χ4n) is 2.10. The zero-order chi connectivity index (χ0) is 12.5. The molecule has 1 aliphatic heterocycles. The van der Waals surface area contributed by atoms with E-state index in [1.807, 2.05) is 52.8 Å². The van der Waals surface area contributed by atoms with Crippen LogP contribution in [0.15, 0.2) is 53.4 Å². The highest BCUT2D eigenvalue weighted by atomic mass is 35.5. The van der Waals surface area contributed by atoms with Gasteiger partial charge in [-0.05, 0) is 29.3 Å². The lowest BCUT2D eigenvalue weighted by molar-refractivity contribution is 0.451. The molecule has 18 heavy (non-hydrogen) atoms. The molecular weight excluding hydrogens is 266 g/mol. The summed E-state index contributed by atoms with van der Waals surface area (Å²) in [5.41, 5.74) is 2.28. The molecule has 0 saturated carbocycles. The summed E-state index contributed by atoms with van der Waals surface area (Å²) in [6, 6.07) is 15.6. The Kier molecular flexibility index (Phi) is 3.20. The first kappa shape index (κ1) is 11.9. The van der Waals surface area contributed by atoms with E-state index < -0.39 is 11.0 Å². The molecular formula is C14H12ClNOS. The minimum absolute atomic E-state index is 0.679. The predicted octanol–water partition coefficient (Wildman–Crippen LogP) is 3.38. The van der Waals surface area contributed by atoms with Gasteiger partial charge in [0.25, 0.3) is 0 Å². The second-order valence-corrected chi connectivity index (χ2v) is 6.17. The summed E-state index contributed by atoms with van der Waals surface area (Å²) >= 11 is 5.86. The molecule has 2 aromatic carbocycles. The van der Waals surface area contributed by atoms with Crippen molar-refractivity contribution in [2.24, 2.45) is 0 Å². The van der Waals surface area contributed by atoms with Crippen LogP contribution in [-0.4, -0.2) is 8.51 Å². The van der Waals surface area contributed by atoms with Gasteiger partial charge in [0.05, 0.1) is 4.90 Å². The Bertz CT molecular complexity index is 597. The summed E-state index contributed by atoms with van der Waals surface area (Å²) in [6.07, 6.45) is 0. The fourth-order valence-corrected chi connectivity index (χ4v) is 3.58. The van der Waals surface area contributed by atoms with E-state index in [-0.39, 0.29) is 0 Å². The first-order chi connectivity index (χ1) is 8.74. The topological polar surface area (TPSA) is 20.3 Å². The molecule has 2 nitrogen and oxygen atoms in total. The SMILES string of the molecule is O=S1c2ccccc2CN1Cc1ccc(Cl)cc1. The molecule has 1 heterocycles. The number of halogens is 1. The maximum atomic E-state index is 12.3. The second kappa shape index (κ2) is 4.84. The fraction of sp³-hybridized carbons (Fsp3) is 0.143. The van der Waals surface area contributed by atoms with E-state index in [9.17, 15) is 4.21 Å². The minimum Gasteiger partial charge on any atom is -0.237 e. The average Bonchev–Trinajstić information content (AvgIpc) is 2.70. The van der Waals surface area contributed by atoms with Crippen molar-refractivity contribution in [3.63, 3.8) is 0 Å². The number of hydrogen-bond acceptors (Lipinski definition) is 1. The van der Waals surface area contributed by atoms with Gasteiger partial charge >= 0.3 is 0 Å². The van der Waals surface area contributed by atoms with Crippen LogP contribution >= 0.6 is 11.6 Å². The third-order valence-corrected chi connectivity index (χ3v) is 4.77. The first-order valence-corrected chi connectivity index (χ1v) is 7.22. The molecule has 0 fully saturated rings. The standard InChI is InChI=1S/C14H12ClNOS/c15-13-7-5-11(6-8-13)9-16-10-12-3-1-2-4-14(12)18(16)17/h1-8H,9-10H2. The van der Waals surface area contributed by atoms with E-state index in [0.29, 0.717) is 6.54 Å². The van der Waals surface area contributed by atoms with Crippen LogP contribution in [0.4, 0.5) is 0 Å². The molecule has 0 radical (unpaired) electrons. The third-order valence-electron chi connectivity index (χ3n) is 3.01. The Labute approximate surface area is 114 Å². The first-order valence-electron chi connectivity index (χ1n) is 5.73. The molecule has 3 rings (SSSR count). The molecule has 1 atom stereocenters. The zero-order valence-corrected chi connectivity index (χ0v) is 11.2. The number of benzene rings is 2. The molecule has 2 aromatic rings. The van der Waals surface area contributed by atoms with Crippen molar-refractivity contribution in [2.75, 3.05) is 0 Å². The Hall–Kier alpha value is -1.16. The highest BCUT2D eigenvalue weighted by Crippen LogP contribution is 2.28. The van der Waals surface area contributed by atoms with Gasteiger partial charge in [-0.25, -0.2) is 8.51 Å². The third kappa shape index (κ3) is 2.21. The number of rotatable bonds is 2. The van der Waals surface area contributed by atoms with Crippen LogP contribution in [0.1, 0.15) is 11.1 Å². The maximum Gasteiger partial charge on any atom is 0.128 e. The summed E-state index contributed by atoms with van der Waals surface area (Å²) in [5, 5.41) is 0.726. The van der Waals surface area contributed by atoms with Gasteiger partial charge in [-0.15, -0.1) is 0 Å². The second-order valence-electron chi connectivity index (χ2n) is 4.28. The van der Waals surface area contributed by atoms with Gasteiger partial charge in [0.15, 0.2) is 0 Å². The van der Waals surface area contributed by atoms with E-state index in [2.05, 4.69) is 0 Å². The Morgan fingerprint density at radius 1 is 1.11 bits per heavy atom. The van der Waals surface area contributed by atoms with Crippen molar-refractivity contribution >= 4 is 22.6 Å². The lowest BCUT2D eigenvalue weighted by Crippen LogP contribution is -2.18. The van der Waals surface area contributed by atoms with Gasteiger partial charge < -0.3 is 0 Å². The summed E-state index contributed by atoms with van der Waals surface area (Å²) in [5.74, 6) is 0. The molecule has 0 saturated heterocycles. The van der Waals surface area contributed by atoms with E-state index in [1.165, 1.54) is 0 Å². The van der Waals surface area contributed by atoms with Gasteiger partial charge in [-0.3, -0.25) is 0 Å². The molecule has 1 unspecified atom stereocenters. The van der Waals surface area contributed by atoms with Crippen molar-refractivity contribution in [1.82, 2.24) is 4.31 Å². The van der Waals surface area contributed by atoms with Crippen molar-refractivity contribution in [1.29, 1.82) is 0 Å². The van der Waals surface area contributed by atoms with Gasteiger partial charge in [-0.1, -0.05) is 41.9 Å². The maximum absolute atomic E-state index is 12.3. The van der Waals surface area contributed by atoms with Crippen LogP contribution in [-0.2, 0) is 24.1 Å². The Morgan fingerprint density at radius 2 is 1.83 bits per heavy atom. The van der Waals surface area contributed by atoms with E-state index in [0.717, 1.165) is 27.6 Å². The number of fused-ring (bicyclic) bond motifs is 1. The number of hydrogen-bond donors (Lipinski definition) is 0. The molecule has 0 spiro atoms. The monoisotopic (exact) mass is 277 g/mol. The summed E-state index contributed by atoms with van der Waals surface area (Å²) in [6.45, 7) is 1.42.